The van der Waals surface area contributed by atoms with Gasteiger partial charge in [-0.05, 0) is 36.8 Å². The minimum Gasteiger partial charge on any atom is -0.497 e. The van der Waals surface area contributed by atoms with Crippen molar-refractivity contribution in [3.63, 3.8) is 0 Å². The van der Waals surface area contributed by atoms with E-state index in [1.807, 2.05) is 25.1 Å². The Morgan fingerprint density at radius 1 is 1.11 bits per heavy atom. The van der Waals surface area contributed by atoms with E-state index >= 15 is 0 Å². The van der Waals surface area contributed by atoms with Gasteiger partial charge in [-0.15, -0.1) is 0 Å². The van der Waals surface area contributed by atoms with Gasteiger partial charge < -0.3 is 14.5 Å². The summed E-state index contributed by atoms with van der Waals surface area (Å²) in [5.74, 6) is 1.47. The Morgan fingerprint density at radius 3 is 2.28 bits per heavy atom. The predicted molar refractivity (Wildman–Crippen MR) is 72.7 cm³/mol. The molecular formula is C13H14N2O2S. The first-order valence-electron chi connectivity index (χ1n) is 5.43. The fourth-order valence-electron chi connectivity index (χ4n) is 1.71. The number of aryl methyl sites for hydroxylation is 1. The van der Waals surface area contributed by atoms with Crippen molar-refractivity contribution in [3.8, 4) is 22.8 Å². The zero-order valence-electron chi connectivity index (χ0n) is 10.5. The first-order valence-corrected chi connectivity index (χ1v) is 5.84. The maximum Gasteiger partial charge on any atom is 0.197 e. The molecule has 0 unspecified atom stereocenters. The van der Waals surface area contributed by atoms with Gasteiger partial charge in [-0.25, -0.2) is 4.98 Å². The van der Waals surface area contributed by atoms with Gasteiger partial charge in [-0.2, -0.15) is 0 Å². The van der Waals surface area contributed by atoms with Gasteiger partial charge in [0.2, 0.25) is 0 Å². The molecule has 0 spiro atoms. The van der Waals surface area contributed by atoms with Gasteiger partial charge in [-0.3, -0.25) is 0 Å². The molecule has 0 amide bonds. The van der Waals surface area contributed by atoms with E-state index in [1.165, 1.54) is 0 Å². The fourth-order valence-corrected chi connectivity index (χ4v) is 1.86. The molecule has 1 aromatic heterocycles. The Bertz CT molecular complexity index is 600. The number of nitrogens with zero attached hydrogens (tertiary/aromatic N) is 1. The second kappa shape index (κ2) is 5.18. The minimum absolute atomic E-state index is 0.456. The van der Waals surface area contributed by atoms with E-state index in [0.717, 1.165) is 28.3 Å². The molecule has 0 fully saturated rings. The molecule has 5 heteroatoms. The summed E-state index contributed by atoms with van der Waals surface area (Å²) in [6.45, 7) is 1.97. The Labute approximate surface area is 111 Å². The zero-order valence-corrected chi connectivity index (χ0v) is 11.3. The Morgan fingerprint density at radius 2 is 1.72 bits per heavy atom. The molecule has 2 rings (SSSR count). The maximum atomic E-state index is 5.25. The van der Waals surface area contributed by atoms with Crippen LogP contribution in [-0.2, 0) is 0 Å². The third kappa shape index (κ3) is 2.51. The number of H-pyrrole nitrogens is 1. The minimum atomic E-state index is 0.456. The highest BCUT2D eigenvalue weighted by Gasteiger charge is 2.07. The number of aromatic nitrogens is 2. The molecule has 0 bridgehead atoms. The van der Waals surface area contributed by atoms with Crippen LogP contribution in [0.1, 0.15) is 5.56 Å². The summed E-state index contributed by atoms with van der Waals surface area (Å²) in [5.41, 5.74) is 2.89. The number of benzene rings is 1. The van der Waals surface area contributed by atoms with Gasteiger partial charge in [0.1, 0.15) is 11.5 Å². The Hall–Kier alpha value is -1.88. The first-order chi connectivity index (χ1) is 8.63. The molecule has 18 heavy (non-hydrogen) atoms. The second-order valence-electron chi connectivity index (χ2n) is 3.85. The quantitative estimate of drug-likeness (QED) is 0.863. The van der Waals surface area contributed by atoms with E-state index in [9.17, 15) is 0 Å². The van der Waals surface area contributed by atoms with Gasteiger partial charge in [0.15, 0.2) is 4.77 Å². The summed E-state index contributed by atoms with van der Waals surface area (Å²) in [5, 5.41) is 0. The van der Waals surface area contributed by atoms with E-state index in [4.69, 9.17) is 21.7 Å². The monoisotopic (exact) mass is 262 g/mol. The first kappa shape index (κ1) is 12.6. The summed E-state index contributed by atoms with van der Waals surface area (Å²) >= 11 is 5.05. The molecule has 0 saturated heterocycles. The van der Waals surface area contributed by atoms with Crippen LogP contribution in [0.5, 0.6) is 11.5 Å². The van der Waals surface area contributed by atoms with Crippen molar-refractivity contribution >= 4 is 12.2 Å². The third-order valence-electron chi connectivity index (χ3n) is 2.64. The van der Waals surface area contributed by atoms with Crippen LogP contribution in [0.25, 0.3) is 11.3 Å². The van der Waals surface area contributed by atoms with E-state index in [0.29, 0.717) is 4.77 Å². The number of nitrogens with one attached hydrogen (secondary N) is 1. The molecule has 0 aliphatic rings. The molecule has 2 aromatic rings. The van der Waals surface area contributed by atoms with E-state index in [-0.39, 0.29) is 0 Å². The maximum absolute atomic E-state index is 5.25. The lowest BCUT2D eigenvalue weighted by Crippen LogP contribution is -1.94. The molecule has 94 valence electrons. The van der Waals surface area contributed by atoms with Crippen molar-refractivity contribution in [1.82, 2.24) is 9.97 Å². The van der Waals surface area contributed by atoms with Crippen molar-refractivity contribution in [2.45, 2.75) is 6.92 Å². The number of aromatic amines is 1. The van der Waals surface area contributed by atoms with Crippen molar-refractivity contribution in [2.75, 3.05) is 14.2 Å². The van der Waals surface area contributed by atoms with Crippen LogP contribution < -0.4 is 9.47 Å². The van der Waals surface area contributed by atoms with Crippen LogP contribution in [-0.4, -0.2) is 24.2 Å². The third-order valence-corrected chi connectivity index (χ3v) is 2.85. The molecule has 0 aliphatic heterocycles. The van der Waals surface area contributed by atoms with Crippen molar-refractivity contribution in [1.29, 1.82) is 0 Å². The predicted octanol–water partition coefficient (Wildman–Crippen LogP) is 3.13. The van der Waals surface area contributed by atoms with E-state index in [2.05, 4.69) is 9.97 Å². The molecule has 1 N–H and O–H groups in total. The van der Waals surface area contributed by atoms with Gasteiger partial charge in [0, 0.05) is 17.8 Å². The Balaban J connectivity index is 2.62. The molecule has 4 nitrogen and oxygen atoms in total. The van der Waals surface area contributed by atoms with Gasteiger partial charge in [0.25, 0.3) is 0 Å². The summed E-state index contributed by atoms with van der Waals surface area (Å²) < 4.78 is 11.0. The highest BCUT2D eigenvalue weighted by atomic mass is 32.1. The molecule has 0 aliphatic carbocycles. The van der Waals surface area contributed by atoms with E-state index < -0.39 is 0 Å². The SMILES string of the molecule is COc1cc(OC)cc(-c2[nH]c(=S)ncc2C)c1. The highest BCUT2D eigenvalue weighted by molar-refractivity contribution is 7.71. The molecule has 1 aromatic carbocycles. The van der Waals surface area contributed by atoms with Crippen LogP contribution in [0, 0.1) is 11.7 Å². The number of hydrogen-bond donors (Lipinski definition) is 1. The largest absolute Gasteiger partial charge is 0.497 e. The summed E-state index contributed by atoms with van der Waals surface area (Å²) in [4.78, 5) is 7.13. The molecular weight excluding hydrogens is 248 g/mol. The van der Waals surface area contributed by atoms with Crippen LogP contribution >= 0.6 is 12.2 Å². The lowest BCUT2D eigenvalue weighted by molar-refractivity contribution is 0.394. The normalized spacial score (nSPS) is 10.2. The summed E-state index contributed by atoms with van der Waals surface area (Å²) in [6.07, 6.45) is 1.75. The molecule has 0 atom stereocenters. The zero-order chi connectivity index (χ0) is 13.1. The van der Waals surface area contributed by atoms with Crippen LogP contribution in [0.15, 0.2) is 24.4 Å². The molecule has 1 heterocycles. The number of rotatable bonds is 3. The lowest BCUT2D eigenvalue weighted by Gasteiger charge is -2.10. The van der Waals surface area contributed by atoms with Gasteiger partial charge >= 0.3 is 0 Å². The van der Waals surface area contributed by atoms with Crippen molar-refractivity contribution < 1.29 is 9.47 Å². The summed E-state index contributed by atoms with van der Waals surface area (Å²) in [6, 6.07) is 5.68. The molecule has 0 radical (unpaired) electrons. The highest BCUT2D eigenvalue weighted by Crippen LogP contribution is 2.29. The average Bonchev–Trinajstić information content (AvgIpc) is 2.40. The number of ether oxygens (including phenoxy) is 2. The molecule has 0 saturated carbocycles. The lowest BCUT2D eigenvalue weighted by atomic mass is 10.1. The smallest absolute Gasteiger partial charge is 0.197 e. The summed E-state index contributed by atoms with van der Waals surface area (Å²) in [7, 11) is 3.25. The Kier molecular flexibility index (Phi) is 3.62. The standard InChI is InChI=1S/C13H14N2O2S/c1-8-7-14-13(18)15-12(8)9-4-10(16-2)6-11(5-9)17-3/h4-7H,1-3H3,(H,14,15,18). The van der Waals surface area contributed by atoms with Gasteiger partial charge in [-0.1, -0.05) is 0 Å². The van der Waals surface area contributed by atoms with Crippen LogP contribution in [0.4, 0.5) is 0 Å². The van der Waals surface area contributed by atoms with Crippen molar-refractivity contribution in [2.24, 2.45) is 0 Å². The van der Waals surface area contributed by atoms with Crippen molar-refractivity contribution in [3.05, 3.63) is 34.7 Å². The average molecular weight is 262 g/mol. The topological polar surface area (TPSA) is 47.1 Å². The van der Waals surface area contributed by atoms with Gasteiger partial charge in [0.05, 0.1) is 19.9 Å². The second-order valence-corrected chi connectivity index (χ2v) is 4.23. The number of methoxy groups -OCH3 is 2. The van der Waals surface area contributed by atoms with Crippen LogP contribution in [0.2, 0.25) is 0 Å². The fraction of sp³-hybridized carbons (Fsp3) is 0.231. The number of hydrogen-bond acceptors (Lipinski definition) is 4. The van der Waals surface area contributed by atoms with Crippen LogP contribution in [0.3, 0.4) is 0 Å². The van der Waals surface area contributed by atoms with E-state index in [1.54, 1.807) is 20.4 Å².